The van der Waals surface area contributed by atoms with Crippen LogP contribution in [0, 0.1) is 11.8 Å². The quantitative estimate of drug-likeness (QED) is 0.498. The average Bonchev–Trinajstić information content (AvgIpc) is 2.68. The normalized spacial score (nSPS) is 15.8. The molecule has 0 fully saturated rings. The number of rotatable bonds is 7. The monoisotopic (exact) mass is 278 g/mol. The minimum Gasteiger partial charge on any atom is -0.494 e. The van der Waals surface area contributed by atoms with Crippen molar-refractivity contribution < 1.29 is 4.74 Å². The molecule has 0 aromatic carbocycles. The van der Waals surface area contributed by atoms with Gasteiger partial charge in [0.25, 0.3) is 0 Å². The molecule has 1 rings (SSSR count). The molecule has 116 valence electrons. The Bertz CT molecular complexity index is 321. The van der Waals surface area contributed by atoms with Gasteiger partial charge in [0.1, 0.15) is 5.76 Å². The van der Waals surface area contributed by atoms with Crippen LogP contribution in [0.4, 0.5) is 0 Å². The van der Waals surface area contributed by atoms with Crippen LogP contribution in [-0.2, 0) is 4.74 Å². The van der Waals surface area contributed by atoms with Gasteiger partial charge < -0.3 is 4.74 Å². The molecule has 1 nitrogen and oxygen atoms in total. The molecule has 1 unspecified atom stereocenters. The summed E-state index contributed by atoms with van der Waals surface area (Å²) in [5.74, 6) is 2.42. The van der Waals surface area contributed by atoms with Crippen molar-refractivity contribution in [2.45, 2.75) is 67.2 Å². The smallest absolute Gasteiger partial charge is 0.118 e. The van der Waals surface area contributed by atoms with Crippen molar-refractivity contribution in [1.29, 1.82) is 0 Å². The third-order valence-corrected chi connectivity index (χ3v) is 3.58. The molecule has 0 aromatic rings. The fourth-order valence-electron chi connectivity index (χ4n) is 2.49. The molecule has 0 radical (unpaired) electrons. The Hall–Kier alpha value is -0.980. The highest BCUT2D eigenvalue weighted by atomic mass is 16.5. The first-order chi connectivity index (χ1) is 9.69. The topological polar surface area (TPSA) is 9.23 Å². The van der Waals surface area contributed by atoms with Crippen LogP contribution >= 0.6 is 0 Å². The molecule has 0 aliphatic heterocycles. The lowest BCUT2D eigenvalue weighted by Crippen LogP contribution is -2.10. The summed E-state index contributed by atoms with van der Waals surface area (Å²) < 4.78 is 5.76. The zero-order chi connectivity index (χ0) is 15.4. The van der Waals surface area contributed by atoms with Crippen molar-refractivity contribution in [3.05, 3.63) is 35.6 Å². The Morgan fingerprint density at radius 3 is 2.40 bits per heavy atom. The van der Waals surface area contributed by atoms with Crippen molar-refractivity contribution in [3.8, 4) is 0 Å². The van der Waals surface area contributed by atoms with Crippen LogP contribution in [-0.4, -0.2) is 6.61 Å². The van der Waals surface area contributed by atoms with Gasteiger partial charge in [-0.25, -0.2) is 0 Å². The van der Waals surface area contributed by atoms with E-state index in [-0.39, 0.29) is 0 Å². The lowest BCUT2D eigenvalue weighted by atomic mass is 9.84. The van der Waals surface area contributed by atoms with E-state index < -0.39 is 0 Å². The lowest BCUT2D eigenvalue weighted by molar-refractivity contribution is 0.219. The van der Waals surface area contributed by atoms with Gasteiger partial charge >= 0.3 is 0 Å². The number of unbranched alkanes of at least 4 members (excludes halogenated alkanes) is 1. The molecule has 0 N–H and O–H groups in total. The number of allylic oxidation sites excluding steroid dienone is 5. The molecule has 1 aliphatic carbocycles. The molecule has 1 aliphatic rings. The predicted molar refractivity (Wildman–Crippen MR) is 90.8 cm³/mol. The Kier molecular flexibility index (Phi) is 11.2. The van der Waals surface area contributed by atoms with Crippen LogP contribution < -0.4 is 0 Å². The van der Waals surface area contributed by atoms with E-state index >= 15 is 0 Å². The summed E-state index contributed by atoms with van der Waals surface area (Å²) in [4.78, 5) is 0. The second-order valence-electron chi connectivity index (χ2n) is 5.38. The Morgan fingerprint density at radius 1 is 1.15 bits per heavy atom. The van der Waals surface area contributed by atoms with E-state index in [0.29, 0.717) is 11.8 Å². The third-order valence-electron chi connectivity index (χ3n) is 3.58. The van der Waals surface area contributed by atoms with E-state index in [0.717, 1.165) is 25.2 Å². The fourth-order valence-corrected chi connectivity index (χ4v) is 2.49. The second kappa shape index (κ2) is 11.8. The maximum absolute atomic E-state index is 5.76. The molecule has 0 heterocycles. The molecule has 0 amide bonds. The van der Waals surface area contributed by atoms with Crippen LogP contribution in [0.2, 0.25) is 0 Å². The molecule has 0 spiro atoms. The average molecular weight is 278 g/mol. The second-order valence-corrected chi connectivity index (χ2v) is 5.38. The zero-order valence-corrected chi connectivity index (χ0v) is 14.4. The van der Waals surface area contributed by atoms with Gasteiger partial charge in [-0.2, -0.15) is 0 Å². The molecular formula is C19H34O. The van der Waals surface area contributed by atoms with Crippen LogP contribution in [0.15, 0.2) is 35.6 Å². The van der Waals surface area contributed by atoms with Crippen molar-refractivity contribution in [1.82, 2.24) is 0 Å². The van der Waals surface area contributed by atoms with Gasteiger partial charge in [-0.3, -0.25) is 0 Å². The highest BCUT2D eigenvalue weighted by Crippen LogP contribution is 2.28. The summed E-state index contributed by atoms with van der Waals surface area (Å²) in [5, 5.41) is 0. The minimum absolute atomic E-state index is 0.695. The van der Waals surface area contributed by atoms with Gasteiger partial charge in [0.05, 0.1) is 6.61 Å². The standard InChI is InChI=1S/C17H28O.C2H6/c1-5-7-13-18-16-10-8-9-15(11-12-16)17(6-2)14(3)4;1-2/h8,10-12,14,17H,5-7,9,13H2,1-4H3;1-2H3. The third kappa shape index (κ3) is 6.98. The van der Waals surface area contributed by atoms with E-state index in [9.17, 15) is 0 Å². The van der Waals surface area contributed by atoms with Crippen molar-refractivity contribution in [2.24, 2.45) is 11.8 Å². The van der Waals surface area contributed by atoms with Gasteiger partial charge in [-0.15, -0.1) is 0 Å². The summed E-state index contributed by atoms with van der Waals surface area (Å²) in [5.41, 5.74) is 1.54. The first kappa shape index (κ1) is 19.0. The molecule has 0 aromatic heterocycles. The van der Waals surface area contributed by atoms with E-state index in [1.807, 2.05) is 13.8 Å². The van der Waals surface area contributed by atoms with Crippen molar-refractivity contribution in [2.75, 3.05) is 6.61 Å². The van der Waals surface area contributed by atoms with Gasteiger partial charge in [-0.1, -0.05) is 65.7 Å². The van der Waals surface area contributed by atoms with Gasteiger partial charge in [0, 0.05) is 0 Å². The molecule has 0 saturated heterocycles. The number of hydrogen-bond donors (Lipinski definition) is 0. The molecule has 1 heteroatoms. The Labute approximate surface area is 126 Å². The molecular weight excluding hydrogens is 244 g/mol. The lowest BCUT2D eigenvalue weighted by Gasteiger charge is -2.21. The van der Waals surface area contributed by atoms with E-state index in [4.69, 9.17) is 4.74 Å². The minimum atomic E-state index is 0.695. The van der Waals surface area contributed by atoms with E-state index in [1.54, 1.807) is 0 Å². The highest BCUT2D eigenvalue weighted by Gasteiger charge is 2.15. The molecule has 20 heavy (non-hydrogen) atoms. The van der Waals surface area contributed by atoms with Gasteiger partial charge in [0.2, 0.25) is 0 Å². The summed E-state index contributed by atoms with van der Waals surface area (Å²) >= 11 is 0. The molecule has 1 atom stereocenters. The highest BCUT2D eigenvalue weighted by molar-refractivity contribution is 5.29. The van der Waals surface area contributed by atoms with Gasteiger partial charge in [0.15, 0.2) is 0 Å². The van der Waals surface area contributed by atoms with Crippen molar-refractivity contribution >= 4 is 0 Å². The predicted octanol–water partition coefficient (Wildman–Crippen LogP) is 6.28. The van der Waals surface area contributed by atoms with Gasteiger partial charge in [-0.05, 0) is 43.3 Å². The summed E-state index contributed by atoms with van der Waals surface area (Å²) in [6, 6.07) is 0. The summed E-state index contributed by atoms with van der Waals surface area (Å²) in [7, 11) is 0. The maximum atomic E-state index is 5.76. The zero-order valence-electron chi connectivity index (χ0n) is 14.4. The van der Waals surface area contributed by atoms with Crippen LogP contribution in [0.3, 0.4) is 0 Å². The largest absolute Gasteiger partial charge is 0.494 e. The SMILES string of the molecule is CC.CCCCOC1=CC=C(C(CC)C(C)C)CC=C1. The van der Waals surface area contributed by atoms with Crippen LogP contribution in [0.5, 0.6) is 0 Å². The fraction of sp³-hybridized carbons (Fsp3) is 0.684. The van der Waals surface area contributed by atoms with Crippen molar-refractivity contribution in [3.63, 3.8) is 0 Å². The van der Waals surface area contributed by atoms with E-state index in [2.05, 4.69) is 52.0 Å². The van der Waals surface area contributed by atoms with E-state index in [1.165, 1.54) is 18.4 Å². The summed E-state index contributed by atoms with van der Waals surface area (Å²) in [6.07, 6.45) is 13.4. The molecule has 0 bridgehead atoms. The first-order valence-electron chi connectivity index (χ1n) is 8.39. The Balaban J connectivity index is 0.00000172. The number of hydrogen-bond acceptors (Lipinski definition) is 1. The Morgan fingerprint density at radius 2 is 1.85 bits per heavy atom. The summed E-state index contributed by atoms with van der Waals surface area (Å²) in [6.45, 7) is 13.9. The molecule has 0 saturated carbocycles. The van der Waals surface area contributed by atoms with Crippen LogP contribution in [0.1, 0.15) is 67.2 Å². The van der Waals surface area contributed by atoms with Crippen LogP contribution in [0.25, 0.3) is 0 Å². The maximum Gasteiger partial charge on any atom is 0.118 e. The number of ether oxygens (including phenoxy) is 1. The first-order valence-corrected chi connectivity index (χ1v) is 8.39.